The van der Waals surface area contributed by atoms with Crippen molar-refractivity contribution in [3.8, 4) is 0 Å². The lowest BCUT2D eigenvalue weighted by Gasteiger charge is -2.31. The molecule has 2 aliphatic rings. The molecule has 1 heterocycles. The van der Waals surface area contributed by atoms with E-state index in [9.17, 15) is 0 Å². The number of rotatable bonds is 2. The average Bonchev–Trinajstić information content (AvgIpc) is 2.74. The highest BCUT2D eigenvalue weighted by Gasteiger charge is 2.20. The minimum absolute atomic E-state index is 0.560. The molecule has 1 aliphatic carbocycles. The third kappa shape index (κ3) is 2.84. The molecule has 0 aromatic heterocycles. The summed E-state index contributed by atoms with van der Waals surface area (Å²) in [4.78, 5) is 2.33. The van der Waals surface area contributed by atoms with Gasteiger partial charge >= 0.3 is 0 Å². The number of likely N-dealkylation sites (N-methyl/N-ethyl adjacent to an activating group) is 1. The van der Waals surface area contributed by atoms with Crippen LogP contribution in [0.5, 0.6) is 0 Å². The van der Waals surface area contributed by atoms with Gasteiger partial charge in [-0.05, 0) is 19.9 Å². The molecule has 0 unspecified atom stereocenters. The van der Waals surface area contributed by atoms with Gasteiger partial charge in [0.2, 0.25) is 0 Å². The van der Waals surface area contributed by atoms with Crippen molar-refractivity contribution in [2.24, 2.45) is 16.8 Å². The van der Waals surface area contributed by atoms with Gasteiger partial charge in [0.1, 0.15) is 5.84 Å². The first-order valence-corrected chi connectivity index (χ1v) is 6.03. The van der Waals surface area contributed by atoms with Gasteiger partial charge in [-0.1, -0.05) is 12.8 Å². The van der Waals surface area contributed by atoms with Crippen LogP contribution in [-0.4, -0.2) is 49.0 Å². The molecule has 0 radical (unpaired) electrons. The molecule has 2 rings (SSSR count). The van der Waals surface area contributed by atoms with Crippen LogP contribution in [0, 0.1) is 5.92 Å². The van der Waals surface area contributed by atoms with Crippen molar-refractivity contribution in [3.05, 3.63) is 0 Å². The van der Waals surface area contributed by atoms with E-state index < -0.39 is 0 Å². The average molecular weight is 210 g/mol. The van der Waals surface area contributed by atoms with Crippen LogP contribution in [0.2, 0.25) is 0 Å². The Morgan fingerprint density at radius 3 is 2.33 bits per heavy atom. The van der Waals surface area contributed by atoms with E-state index in [0.717, 1.165) is 32.0 Å². The molecule has 2 N–H and O–H groups in total. The first kappa shape index (κ1) is 10.7. The van der Waals surface area contributed by atoms with Gasteiger partial charge < -0.3 is 10.6 Å². The van der Waals surface area contributed by atoms with Crippen LogP contribution in [0.3, 0.4) is 0 Å². The molecule has 0 aromatic carbocycles. The Morgan fingerprint density at radius 2 is 1.73 bits per heavy atom. The highest BCUT2D eigenvalue weighted by molar-refractivity contribution is 5.82. The van der Waals surface area contributed by atoms with Crippen LogP contribution in [0.25, 0.3) is 0 Å². The van der Waals surface area contributed by atoms with Gasteiger partial charge in [0.05, 0.1) is 0 Å². The van der Waals surface area contributed by atoms with Crippen molar-refractivity contribution in [1.82, 2.24) is 9.91 Å². The van der Waals surface area contributed by atoms with Gasteiger partial charge in [-0.2, -0.15) is 5.10 Å². The summed E-state index contributed by atoms with van der Waals surface area (Å²) >= 11 is 0. The van der Waals surface area contributed by atoms with E-state index in [2.05, 4.69) is 22.1 Å². The molecule has 15 heavy (non-hydrogen) atoms. The van der Waals surface area contributed by atoms with Gasteiger partial charge in [0.25, 0.3) is 0 Å². The standard InChI is InChI=1S/C11H22N4/c1-14-6-8-15(9-7-14)13-11(12)10-4-2-3-5-10/h10H,2-9H2,1H3,(H2,12,13). The maximum absolute atomic E-state index is 6.04. The molecule has 1 aliphatic heterocycles. The molecule has 1 saturated heterocycles. The van der Waals surface area contributed by atoms with Crippen LogP contribution in [-0.2, 0) is 0 Å². The first-order valence-electron chi connectivity index (χ1n) is 6.03. The van der Waals surface area contributed by atoms with Gasteiger partial charge in [0.15, 0.2) is 0 Å². The molecule has 86 valence electrons. The predicted molar refractivity (Wildman–Crippen MR) is 62.7 cm³/mol. The van der Waals surface area contributed by atoms with E-state index in [1.165, 1.54) is 25.7 Å². The van der Waals surface area contributed by atoms with Gasteiger partial charge in [-0.15, -0.1) is 0 Å². The summed E-state index contributed by atoms with van der Waals surface area (Å²) in [6, 6.07) is 0. The maximum Gasteiger partial charge on any atom is 0.122 e. The van der Waals surface area contributed by atoms with Crippen LogP contribution in [0.4, 0.5) is 0 Å². The topological polar surface area (TPSA) is 44.9 Å². The zero-order valence-electron chi connectivity index (χ0n) is 9.65. The second kappa shape index (κ2) is 4.84. The Labute approximate surface area is 92.1 Å². The largest absolute Gasteiger partial charge is 0.385 e. The van der Waals surface area contributed by atoms with Crippen molar-refractivity contribution < 1.29 is 0 Å². The van der Waals surface area contributed by atoms with Crippen LogP contribution >= 0.6 is 0 Å². The number of hydrazone groups is 1. The summed E-state index contributed by atoms with van der Waals surface area (Å²) in [5.74, 6) is 1.43. The molecule has 0 amide bonds. The highest BCUT2D eigenvalue weighted by atomic mass is 15.5. The van der Waals surface area contributed by atoms with Crippen molar-refractivity contribution >= 4 is 5.84 Å². The lowest BCUT2D eigenvalue weighted by molar-refractivity contribution is 0.158. The van der Waals surface area contributed by atoms with E-state index in [4.69, 9.17) is 5.73 Å². The minimum atomic E-state index is 0.560. The van der Waals surface area contributed by atoms with E-state index in [1.54, 1.807) is 0 Å². The summed E-state index contributed by atoms with van der Waals surface area (Å²) in [7, 11) is 2.15. The fourth-order valence-electron chi connectivity index (χ4n) is 2.36. The van der Waals surface area contributed by atoms with E-state index in [0.29, 0.717) is 5.92 Å². The summed E-state index contributed by atoms with van der Waals surface area (Å²) < 4.78 is 0. The lowest BCUT2D eigenvalue weighted by atomic mass is 10.1. The third-order valence-electron chi connectivity index (χ3n) is 3.51. The Morgan fingerprint density at radius 1 is 1.13 bits per heavy atom. The normalized spacial score (nSPS) is 26.2. The van der Waals surface area contributed by atoms with Crippen molar-refractivity contribution in [1.29, 1.82) is 0 Å². The minimum Gasteiger partial charge on any atom is -0.385 e. The second-order valence-electron chi connectivity index (χ2n) is 4.76. The SMILES string of the molecule is CN1CCN(/N=C(\N)C2CCCC2)CC1. The Hall–Kier alpha value is -0.770. The summed E-state index contributed by atoms with van der Waals surface area (Å²) in [6.45, 7) is 4.23. The molecule has 2 fully saturated rings. The second-order valence-corrected chi connectivity index (χ2v) is 4.76. The number of nitrogens with zero attached hydrogens (tertiary/aromatic N) is 3. The van der Waals surface area contributed by atoms with Crippen molar-refractivity contribution in [3.63, 3.8) is 0 Å². The summed E-state index contributed by atoms with van der Waals surface area (Å²) in [6.07, 6.45) is 5.12. The van der Waals surface area contributed by atoms with Gasteiger partial charge in [0, 0.05) is 32.1 Å². The summed E-state index contributed by atoms with van der Waals surface area (Å²) in [5, 5.41) is 6.69. The van der Waals surface area contributed by atoms with Crippen molar-refractivity contribution in [2.75, 3.05) is 33.2 Å². The maximum atomic E-state index is 6.04. The Bertz CT molecular complexity index is 225. The zero-order chi connectivity index (χ0) is 10.7. The smallest absolute Gasteiger partial charge is 0.122 e. The monoisotopic (exact) mass is 210 g/mol. The zero-order valence-corrected chi connectivity index (χ0v) is 9.65. The number of hydrogen-bond donors (Lipinski definition) is 1. The van der Waals surface area contributed by atoms with E-state index >= 15 is 0 Å². The number of nitrogens with two attached hydrogens (primary N) is 1. The molecule has 0 spiro atoms. The third-order valence-corrected chi connectivity index (χ3v) is 3.51. The highest BCUT2D eigenvalue weighted by Crippen LogP contribution is 2.24. The number of amidine groups is 1. The molecule has 1 saturated carbocycles. The predicted octanol–water partition coefficient (Wildman–Crippen LogP) is 0.696. The Kier molecular flexibility index (Phi) is 3.46. The quantitative estimate of drug-likeness (QED) is 0.539. The van der Waals surface area contributed by atoms with Crippen LogP contribution in [0.15, 0.2) is 5.10 Å². The molecule has 0 bridgehead atoms. The number of hydrogen-bond acceptors (Lipinski definition) is 3. The fourth-order valence-corrected chi connectivity index (χ4v) is 2.36. The van der Waals surface area contributed by atoms with E-state index in [1.807, 2.05) is 0 Å². The Balaban J connectivity index is 1.85. The molecule has 4 heteroatoms. The lowest BCUT2D eigenvalue weighted by Crippen LogP contribution is -2.43. The van der Waals surface area contributed by atoms with Crippen LogP contribution in [0.1, 0.15) is 25.7 Å². The number of piperazine rings is 1. The molecular formula is C11H22N4. The van der Waals surface area contributed by atoms with Crippen molar-refractivity contribution in [2.45, 2.75) is 25.7 Å². The first-order chi connectivity index (χ1) is 7.25. The molecule has 0 atom stereocenters. The van der Waals surface area contributed by atoms with Crippen LogP contribution < -0.4 is 5.73 Å². The summed E-state index contributed by atoms with van der Waals surface area (Å²) in [5.41, 5.74) is 6.04. The van der Waals surface area contributed by atoms with Gasteiger partial charge in [-0.25, -0.2) is 0 Å². The fraction of sp³-hybridized carbons (Fsp3) is 0.909. The van der Waals surface area contributed by atoms with Gasteiger partial charge in [-0.3, -0.25) is 5.01 Å². The molecule has 0 aromatic rings. The molecule has 4 nitrogen and oxygen atoms in total. The molecular weight excluding hydrogens is 188 g/mol. The van der Waals surface area contributed by atoms with E-state index in [-0.39, 0.29) is 0 Å².